The number of carbonyl (C=O) groups excluding carboxylic acids is 1. The van der Waals surface area contributed by atoms with Crippen LogP contribution >= 0.6 is 0 Å². The standard InChI is InChI=1S/C24H32N2O3/c1-18(27)15-23(2,3)26-22(28)24(10-13-29-14-11-24)16-19-6-8-20(9-7-19)21-5-4-12-25-17-21/h4-9,12,17-18,27H,10-11,13-16H2,1-3H3,(H,26,28)/t18-/m0/s1. The molecular formula is C24H32N2O3. The second-order valence-electron chi connectivity index (χ2n) is 8.90. The quantitative estimate of drug-likeness (QED) is 0.748. The largest absolute Gasteiger partial charge is 0.393 e. The van der Waals surface area contributed by atoms with E-state index in [-0.39, 0.29) is 5.91 Å². The van der Waals surface area contributed by atoms with Gasteiger partial charge in [-0.1, -0.05) is 30.3 Å². The second-order valence-corrected chi connectivity index (χ2v) is 8.90. The number of aliphatic hydroxyl groups is 1. The maximum atomic E-state index is 13.4. The summed E-state index contributed by atoms with van der Waals surface area (Å²) in [5, 5.41) is 12.9. The number of rotatable bonds is 7. The molecule has 1 aromatic heterocycles. The van der Waals surface area contributed by atoms with Gasteiger partial charge in [-0.15, -0.1) is 0 Å². The van der Waals surface area contributed by atoms with Gasteiger partial charge in [-0.3, -0.25) is 9.78 Å². The first kappa shape index (κ1) is 21.5. The maximum Gasteiger partial charge on any atom is 0.227 e. The third-order valence-electron chi connectivity index (χ3n) is 5.68. The Kier molecular flexibility index (Phi) is 6.70. The molecule has 1 aliphatic rings. The van der Waals surface area contributed by atoms with Gasteiger partial charge in [-0.25, -0.2) is 0 Å². The van der Waals surface area contributed by atoms with Crippen molar-refractivity contribution in [3.05, 3.63) is 54.4 Å². The van der Waals surface area contributed by atoms with Crippen LogP contribution in [0.2, 0.25) is 0 Å². The summed E-state index contributed by atoms with van der Waals surface area (Å²) in [5.41, 5.74) is 2.40. The molecule has 1 aliphatic heterocycles. The minimum atomic E-state index is -0.482. The van der Waals surface area contributed by atoms with Gasteiger partial charge in [0.1, 0.15) is 0 Å². The fourth-order valence-corrected chi connectivity index (χ4v) is 4.22. The van der Waals surface area contributed by atoms with Gasteiger partial charge in [-0.05, 0) is 69.2 Å². The summed E-state index contributed by atoms with van der Waals surface area (Å²) in [6.07, 6.45) is 5.76. The van der Waals surface area contributed by atoms with Crippen LogP contribution in [0.15, 0.2) is 48.8 Å². The van der Waals surface area contributed by atoms with E-state index in [0.29, 0.717) is 38.9 Å². The van der Waals surface area contributed by atoms with Gasteiger partial charge in [0.2, 0.25) is 5.91 Å². The molecule has 2 heterocycles. The highest BCUT2D eigenvalue weighted by molar-refractivity contribution is 5.83. The Morgan fingerprint density at radius 1 is 1.21 bits per heavy atom. The minimum Gasteiger partial charge on any atom is -0.393 e. The van der Waals surface area contributed by atoms with Crippen molar-refractivity contribution in [3.8, 4) is 11.1 Å². The lowest BCUT2D eigenvalue weighted by atomic mass is 9.73. The van der Waals surface area contributed by atoms with Crippen LogP contribution in [0.5, 0.6) is 0 Å². The summed E-state index contributed by atoms with van der Waals surface area (Å²) in [4.78, 5) is 17.5. The molecule has 1 saturated heterocycles. The van der Waals surface area contributed by atoms with Crippen molar-refractivity contribution in [1.82, 2.24) is 10.3 Å². The molecule has 0 spiro atoms. The van der Waals surface area contributed by atoms with Gasteiger partial charge < -0.3 is 15.2 Å². The van der Waals surface area contributed by atoms with E-state index in [1.165, 1.54) is 0 Å². The number of ether oxygens (including phenoxy) is 1. The average Bonchev–Trinajstić information content (AvgIpc) is 2.68. The van der Waals surface area contributed by atoms with E-state index in [2.05, 4.69) is 34.6 Å². The van der Waals surface area contributed by atoms with Gasteiger partial charge in [0, 0.05) is 31.1 Å². The molecule has 156 valence electrons. The van der Waals surface area contributed by atoms with Crippen molar-refractivity contribution in [2.45, 2.75) is 58.1 Å². The molecule has 1 fully saturated rings. The lowest BCUT2D eigenvalue weighted by Gasteiger charge is -2.39. The van der Waals surface area contributed by atoms with E-state index >= 15 is 0 Å². The Balaban J connectivity index is 1.77. The summed E-state index contributed by atoms with van der Waals surface area (Å²) in [7, 11) is 0. The lowest BCUT2D eigenvalue weighted by molar-refractivity contribution is -0.138. The number of nitrogens with one attached hydrogen (secondary N) is 1. The van der Waals surface area contributed by atoms with Crippen molar-refractivity contribution in [2.24, 2.45) is 5.41 Å². The van der Waals surface area contributed by atoms with Crippen molar-refractivity contribution in [3.63, 3.8) is 0 Å². The van der Waals surface area contributed by atoms with E-state index in [9.17, 15) is 9.90 Å². The molecule has 2 N–H and O–H groups in total. The summed E-state index contributed by atoms with van der Waals surface area (Å²) in [6, 6.07) is 12.4. The van der Waals surface area contributed by atoms with Gasteiger partial charge in [0.25, 0.3) is 0 Å². The topological polar surface area (TPSA) is 71.5 Å². The Morgan fingerprint density at radius 3 is 2.48 bits per heavy atom. The van der Waals surface area contributed by atoms with E-state index in [4.69, 9.17) is 4.74 Å². The van der Waals surface area contributed by atoms with Gasteiger partial charge in [0.05, 0.1) is 11.5 Å². The molecule has 1 atom stereocenters. The van der Waals surface area contributed by atoms with E-state index in [1.54, 1.807) is 13.1 Å². The number of amides is 1. The van der Waals surface area contributed by atoms with Crippen molar-refractivity contribution in [2.75, 3.05) is 13.2 Å². The van der Waals surface area contributed by atoms with E-state index < -0.39 is 17.1 Å². The molecule has 29 heavy (non-hydrogen) atoms. The van der Waals surface area contributed by atoms with Crippen LogP contribution in [0.4, 0.5) is 0 Å². The number of hydrogen-bond acceptors (Lipinski definition) is 4. The third-order valence-corrected chi connectivity index (χ3v) is 5.68. The average molecular weight is 397 g/mol. The first-order valence-electron chi connectivity index (χ1n) is 10.4. The van der Waals surface area contributed by atoms with Gasteiger partial charge in [0.15, 0.2) is 0 Å². The van der Waals surface area contributed by atoms with E-state index in [1.807, 2.05) is 32.2 Å². The number of pyridine rings is 1. The van der Waals surface area contributed by atoms with Crippen LogP contribution < -0.4 is 5.32 Å². The molecule has 0 saturated carbocycles. The lowest BCUT2D eigenvalue weighted by Crippen LogP contribution is -2.54. The number of carbonyl (C=O) groups is 1. The van der Waals surface area contributed by atoms with Crippen molar-refractivity contribution >= 4 is 5.91 Å². The molecule has 3 rings (SSSR count). The number of aliphatic hydroxyl groups excluding tert-OH is 1. The van der Waals surface area contributed by atoms with Gasteiger partial charge >= 0.3 is 0 Å². The normalized spacial score (nSPS) is 17.5. The smallest absolute Gasteiger partial charge is 0.227 e. The second kappa shape index (κ2) is 9.06. The van der Waals surface area contributed by atoms with Crippen LogP contribution in [0.25, 0.3) is 11.1 Å². The summed E-state index contributed by atoms with van der Waals surface area (Å²) >= 11 is 0. The van der Waals surface area contributed by atoms with Gasteiger partial charge in [-0.2, -0.15) is 0 Å². The Bertz CT molecular complexity index is 795. The number of nitrogens with zero attached hydrogens (tertiary/aromatic N) is 1. The van der Waals surface area contributed by atoms with Crippen LogP contribution in [-0.2, 0) is 16.0 Å². The first-order valence-corrected chi connectivity index (χ1v) is 10.4. The highest BCUT2D eigenvalue weighted by Gasteiger charge is 2.42. The Morgan fingerprint density at radius 2 is 1.90 bits per heavy atom. The summed E-state index contributed by atoms with van der Waals surface area (Å²) < 4.78 is 5.56. The maximum absolute atomic E-state index is 13.4. The zero-order valence-corrected chi connectivity index (χ0v) is 17.6. The first-order chi connectivity index (χ1) is 13.8. The molecule has 2 aromatic rings. The van der Waals surface area contributed by atoms with Crippen LogP contribution in [0, 0.1) is 5.41 Å². The highest BCUT2D eigenvalue weighted by Crippen LogP contribution is 2.36. The number of aromatic nitrogens is 1. The number of benzene rings is 1. The highest BCUT2D eigenvalue weighted by atomic mass is 16.5. The zero-order chi connectivity index (χ0) is 20.9. The predicted octanol–water partition coefficient (Wildman–Crippen LogP) is 3.75. The third kappa shape index (κ3) is 5.64. The monoisotopic (exact) mass is 396 g/mol. The molecular weight excluding hydrogens is 364 g/mol. The number of hydrogen-bond donors (Lipinski definition) is 2. The molecule has 0 radical (unpaired) electrons. The summed E-state index contributed by atoms with van der Waals surface area (Å²) in [5.74, 6) is 0.0581. The van der Waals surface area contributed by atoms with Crippen LogP contribution in [0.1, 0.15) is 45.6 Å². The zero-order valence-electron chi connectivity index (χ0n) is 17.6. The fourth-order valence-electron chi connectivity index (χ4n) is 4.22. The SMILES string of the molecule is C[C@H](O)CC(C)(C)NC(=O)C1(Cc2ccc(-c3cccnc3)cc2)CCOCC1. The van der Waals surface area contributed by atoms with Crippen LogP contribution in [-0.4, -0.2) is 40.9 Å². The molecule has 0 bridgehead atoms. The minimum absolute atomic E-state index is 0.0581. The Hall–Kier alpha value is -2.24. The summed E-state index contributed by atoms with van der Waals surface area (Å²) in [6.45, 7) is 6.87. The van der Waals surface area contributed by atoms with Crippen molar-refractivity contribution in [1.29, 1.82) is 0 Å². The van der Waals surface area contributed by atoms with E-state index in [0.717, 1.165) is 16.7 Å². The fraction of sp³-hybridized carbons (Fsp3) is 0.500. The van der Waals surface area contributed by atoms with Crippen molar-refractivity contribution < 1.29 is 14.6 Å². The Labute approximate surface area is 173 Å². The molecule has 5 heteroatoms. The predicted molar refractivity (Wildman–Crippen MR) is 114 cm³/mol. The molecule has 5 nitrogen and oxygen atoms in total. The van der Waals surface area contributed by atoms with Crippen LogP contribution in [0.3, 0.4) is 0 Å². The molecule has 1 aromatic carbocycles. The molecule has 1 amide bonds. The molecule has 0 aliphatic carbocycles. The molecule has 0 unspecified atom stereocenters.